The lowest BCUT2D eigenvalue weighted by molar-refractivity contribution is -0.145. The molecule has 6 nitrogen and oxygen atoms in total. The van der Waals surface area contributed by atoms with Crippen LogP contribution < -0.4 is 10.4 Å². The largest absolute Gasteiger partial charge is 0.534 e. The number of ether oxygens (including phenoxy) is 1. The number of hydrogen-bond donors (Lipinski definition) is 0. The number of alkyl halides is 3. The average molecular weight is 541 g/mol. The third kappa shape index (κ3) is 5.42. The quantitative estimate of drug-likeness (QED) is 0.156. The van der Waals surface area contributed by atoms with Crippen LogP contribution in [0.25, 0.3) is 0 Å². The number of cyclic esters (lactones) is 1. The van der Waals surface area contributed by atoms with Crippen LogP contribution in [-0.2, 0) is 28.3 Å². The van der Waals surface area contributed by atoms with E-state index >= 15 is 0 Å². The fourth-order valence-corrected chi connectivity index (χ4v) is 9.33. The molecular weight excluding hydrogens is 513 g/mol. The van der Waals surface area contributed by atoms with Crippen molar-refractivity contribution in [3.05, 3.63) is 85.2 Å². The maximum atomic E-state index is 12.8. The summed E-state index contributed by atoms with van der Waals surface area (Å²) >= 11 is 0. The average Bonchev–Trinajstić information content (AvgIpc) is 3.15. The Morgan fingerprint density at radius 3 is 1.94 bits per heavy atom. The lowest BCUT2D eigenvalue weighted by Gasteiger charge is -2.45. The fraction of sp³-hybridized carbons (Fsp3) is 0.320. The van der Waals surface area contributed by atoms with Crippen molar-refractivity contribution in [2.75, 3.05) is 0 Å². The highest BCUT2D eigenvalue weighted by molar-refractivity contribution is 7.87. The van der Waals surface area contributed by atoms with Gasteiger partial charge in [-0.3, -0.25) is 0 Å². The summed E-state index contributed by atoms with van der Waals surface area (Å²) < 4.78 is 77.5. The molecule has 2 aromatic carbocycles. The number of carbonyl (C=O) groups is 1. The monoisotopic (exact) mass is 540 g/mol. The first kappa shape index (κ1) is 27.7. The molecule has 1 aliphatic rings. The van der Waals surface area contributed by atoms with E-state index in [-0.39, 0.29) is 6.42 Å². The zero-order valence-corrected chi connectivity index (χ0v) is 21.8. The van der Waals surface area contributed by atoms with Crippen molar-refractivity contribution in [1.82, 2.24) is 0 Å². The molecule has 36 heavy (non-hydrogen) atoms. The summed E-state index contributed by atoms with van der Waals surface area (Å²) in [5.41, 5.74) is -5.70. The van der Waals surface area contributed by atoms with E-state index in [1.54, 1.807) is 0 Å². The van der Waals surface area contributed by atoms with Gasteiger partial charge in [0.1, 0.15) is 6.10 Å². The van der Waals surface area contributed by atoms with E-state index in [0.717, 1.165) is 16.4 Å². The van der Waals surface area contributed by atoms with Crippen LogP contribution in [0.5, 0.6) is 0 Å². The lowest BCUT2D eigenvalue weighted by atomic mass is 10.1. The van der Waals surface area contributed by atoms with Gasteiger partial charge >= 0.3 is 21.6 Å². The Balaban J connectivity index is 2.10. The highest BCUT2D eigenvalue weighted by atomic mass is 32.2. The van der Waals surface area contributed by atoms with Gasteiger partial charge in [0.25, 0.3) is 8.32 Å². The van der Waals surface area contributed by atoms with Crippen LogP contribution in [-0.4, -0.2) is 40.4 Å². The van der Waals surface area contributed by atoms with Gasteiger partial charge in [0, 0.05) is 6.08 Å². The van der Waals surface area contributed by atoms with Gasteiger partial charge in [-0.25, -0.2) is 4.79 Å². The van der Waals surface area contributed by atoms with Crippen LogP contribution in [0.4, 0.5) is 13.2 Å². The van der Waals surface area contributed by atoms with Gasteiger partial charge in [-0.1, -0.05) is 87.5 Å². The summed E-state index contributed by atoms with van der Waals surface area (Å²) in [6.45, 7) is 9.84. The molecule has 1 heterocycles. The summed E-state index contributed by atoms with van der Waals surface area (Å²) in [6, 6.07) is 19.1. The minimum atomic E-state index is -6.04. The molecule has 0 fully saturated rings. The zero-order valence-electron chi connectivity index (χ0n) is 20.0. The highest BCUT2D eigenvalue weighted by Gasteiger charge is 2.54. The maximum Gasteiger partial charge on any atom is 0.534 e. The number of esters is 1. The maximum absolute atomic E-state index is 12.8. The first-order valence-corrected chi connectivity index (χ1v) is 14.4. The van der Waals surface area contributed by atoms with Crippen molar-refractivity contribution in [1.29, 1.82) is 0 Å². The van der Waals surface area contributed by atoms with Crippen LogP contribution in [0.1, 0.15) is 27.2 Å². The van der Waals surface area contributed by atoms with Crippen molar-refractivity contribution < 1.29 is 39.7 Å². The predicted molar refractivity (Wildman–Crippen MR) is 131 cm³/mol. The van der Waals surface area contributed by atoms with Gasteiger partial charge in [0.05, 0.1) is 6.10 Å². The zero-order chi connectivity index (χ0) is 26.8. The summed E-state index contributed by atoms with van der Waals surface area (Å²) in [7, 11) is -9.19. The second kappa shape index (κ2) is 10.2. The Morgan fingerprint density at radius 1 is 1.03 bits per heavy atom. The minimum Gasteiger partial charge on any atom is -0.449 e. The first-order valence-electron chi connectivity index (χ1n) is 11.1. The molecule has 0 saturated heterocycles. The lowest BCUT2D eigenvalue weighted by Crippen LogP contribution is -2.68. The van der Waals surface area contributed by atoms with E-state index in [4.69, 9.17) is 9.16 Å². The number of rotatable bonds is 9. The molecule has 0 aliphatic carbocycles. The standard InChI is InChI=1S/C25H27F3O6SSi/c1-5-12-20(21-17-22(23(29)32-21)33-35(30,31)25(26,27)28)34-36(24(2,3)4,18-13-8-6-9-14-18)19-15-10-7-11-16-19/h5-11,13-17,20-21H,1,12H2,2-4H3/t20-,21-/m0/s1. The molecule has 11 heteroatoms. The number of hydrogen-bond acceptors (Lipinski definition) is 6. The Labute approximate surface area is 209 Å². The van der Waals surface area contributed by atoms with Crippen LogP contribution in [0.2, 0.25) is 5.04 Å². The van der Waals surface area contributed by atoms with Crippen LogP contribution >= 0.6 is 0 Å². The van der Waals surface area contributed by atoms with Crippen molar-refractivity contribution in [3.63, 3.8) is 0 Å². The van der Waals surface area contributed by atoms with Gasteiger partial charge in [0.15, 0.2) is 0 Å². The summed E-state index contributed by atoms with van der Waals surface area (Å²) in [5.74, 6) is -2.38. The van der Waals surface area contributed by atoms with Gasteiger partial charge in [-0.05, 0) is 21.8 Å². The second-order valence-corrected chi connectivity index (χ2v) is 15.0. The molecule has 0 aromatic heterocycles. The molecule has 2 atom stereocenters. The van der Waals surface area contributed by atoms with E-state index in [2.05, 4.69) is 10.8 Å². The van der Waals surface area contributed by atoms with Crippen molar-refractivity contribution in [2.45, 2.75) is 49.9 Å². The molecule has 0 unspecified atom stereocenters. The molecule has 0 N–H and O–H groups in total. The fourth-order valence-electron chi connectivity index (χ4n) is 4.18. The van der Waals surface area contributed by atoms with Crippen molar-refractivity contribution in [3.8, 4) is 0 Å². The van der Waals surface area contributed by atoms with Crippen LogP contribution in [0, 0.1) is 0 Å². The SMILES string of the molecule is C=CC[C@H](O[Si](c1ccccc1)(c1ccccc1)C(C)(C)C)[C@@H]1C=C(OS(=O)(=O)C(F)(F)F)C(=O)O1. The smallest absolute Gasteiger partial charge is 0.449 e. The Bertz CT molecular complexity index is 1180. The summed E-state index contributed by atoms with van der Waals surface area (Å²) in [6.07, 6.45) is 0.536. The van der Waals surface area contributed by atoms with Crippen molar-refractivity contribution >= 4 is 34.8 Å². The molecule has 0 amide bonds. The highest BCUT2D eigenvalue weighted by Crippen LogP contribution is 2.39. The molecule has 2 aromatic rings. The Hall–Kier alpha value is -2.89. The van der Waals surface area contributed by atoms with E-state index in [0.29, 0.717) is 0 Å². The molecule has 0 bridgehead atoms. The van der Waals surface area contributed by atoms with E-state index in [1.165, 1.54) is 6.08 Å². The second-order valence-electron chi connectivity index (χ2n) is 9.23. The van der Waals surface area contributed by atoms with E-state index < -0.39 is 52.9 Å². The van der Waals surface area contributed by atoms with E-state index in [9.17, 15) is 26.4 Å². The van der Waals surface area contributed by atoms with Crippen LogP contribution in [0.3, 0.4) is 0 Å². The van der Waals surface area contributed by atoms with Crippen molar-refractivity contribution in [2.24, 2.45) is 0 Å². The Morgan fingerprint density at radius 2 is 1.53 bits per heavy atom. The Kier molecular flexibility index (Phi) is 7.87. The van der Waals surface area contributed by atoms with Crippen LogP contribution in [0.15, 0.2) is 85.2 Å². The summed E-state index contributed by atoms with van der Waals surface area (Å²) in [5, 5.41) is 1.42. The molecule has 3 rings (SSSR count). The molecule has 194 valence electrons. The van der Waals surface area contributed by atoms with Gasteiger partial charge in [0.2, 0.25) is 5.76 Å². The molecule has 0 saturated carbocycles. The third-order valence-corrected chi connectivity index (χ3v) is 11.8. The van der Waals surface area contributed by atoms with E-state index in [1.807, 2.05) is 81.4 Å². The first-order chi connectivity index (χ1) is 16.7. The number of carbonyl (C=O) groups excluding carboxylic acids is 1. The topological polar surface area (TPSA) is 78.9 Å². The molecule has 0 spiro atoms. The van der Waals surface area contributed by atoms with Gasteiger partial charge < -0.3 is 13.3 Å². The number of benzene rings is 2. The molecule has 0 radical (unpaired) electrons. The molecular formula is C25H27F3O6SSi. The predicted octanol–water partition coefficient (Wildman–Crippen LogP) is 4.18. The molecule has 1 aliphatic heterocycles. The summed E-state index contributed by atoms with van der Waals surface area (Å²) in [4.78, 5) is 12.3. The third-order valence-electron chi connectivity index (χ3n) is 5.75. The normalized spacial score (nSPS) is 17.8. The van der Waals surface area contributed by atoms with Gasteiger partial charge in [-0.15, -0.1) is 6.58 Å². The van der Waals surface area contributed by atoms with Gasteiger partial charge in [-0.2, -0.15) is 21.6 Å². The number of halogens is 3. The minimum absolute atomic E-state index is 0.165.